The molecule has 3 rings (SSSR count). The summed E-state index contributed by atoms with van der Waals surface area (Å²) in [5, 5.41) is 3.51. The first-order valence-corrected chi connectivity index (χ1v) is 7.32. The molecule has 0 bridgehead atoms. The molecule has 1 N–H and O–H groups in total. The highest BCUT2D eigenvalue weighted by molar-refractivity contribution is 6.30. The predicted molar refractivity (Wildman–Crippen MR) is 84.0 cm³/mol. The fourth-order valence-corrected chi connectivity index (χ4v) is 2.54. The van der Waals surface area contributed by atoms with Gasteiger partial charge in [-0.15, -0.1) is 0 Å². The minimum atomic E-state index is -0.449. The summed E-state index contributed by atoms with van der Waals surface area (Å²) in [6, 6.07) is 13.2. The molecule has 0 fully saturated rings. The number of carbonyl (C=O) groups excluding carboxylic acids is 1. The van der Waals surface area contributed by atoms with Crippen LogP contribution < -0.4 is 10.1 Å². The maximum absolute atomic E-state index is 12.3. The van der Waals surface area contributed by atoms with Crippen molar-refractivity contribution in [2.75, 3.05) is 5.32 Å². The van der Waals surface area contributed by atoms with Crippen LogP contribution in [0, 0.1) is 6.92 Å². The largest absolute Gasteiger partial charge is 0.480 e. The predicted octanol–water partition coefficient (Wildman–Crippen LogP) is 3.98. The number of rotatable bonds is 2. The van der Waals surface area contributed by atoms with Crippen LogP contribution in [0.1, 0.15) is 17.5 Å². The summed E-state index contributed by atoms with van der Waals surface area (Å²) in [7, 11) is 0. The standard InChI is InChI=1S/C17H16ClNO2/c1-11-2-3-12-4-9-15(21-16(12)10-11)17(20)19-14-7-5-13(18)6-8-14/h2-3,5-8,10,15H,4,9H2,1H3,(H,19,20). The summed E-state index contributed by atoms with van der Waals surface area (Å²) >= 11 is 5.83. The fraction of sp³-hybridized carbons (Fsp3) is 0.235. The van der Waals surface area contributed by atoms with Gasteiger partial charge in [0.25, 0.3) is 5.91 Å². The lowest BCUT2D eigenvalue weighted by Crippen LogP contribution is -2.35. The molecule has 2 aromatic rings. The third-order valence-electron chi connectivity index (χ3n) is 3.57. The molecule has 1 aliphatic heterocycles. The molecule has 4 heteroatoms. The van der Waals surface area contributed by atoms with E-state index in [0.717, 1.165) is 29.0 Å². The zero-order chi connectivity index (χ0) is 14.8. The lowest BCUT2D eigenvalue weighted by Gasteiger charge is -2.25. The molecule has 0 spiro atoms. The molecule has 0 saturated heterocycles. The maximum Gasteiger partial charge on any atom is 0.265 e. The normalized spacial score (nSPS) is 16.8. The first-order chi connectivity index (χ1) is 10.1. The number of ether oxygens (including phenoxy) is 1. The quantitative estimate of drug-likeness (QED) is 0.911. The fourth-order valence-electron chi connectivity index (χ4n) is 2.42. The van der Waals surface area contributed by atoms with Crippen LogP contribution in [-0.2, 0) is 11.2 Å². The average molecular weight is 302 g/mol. The van der Waals surface area contributed by atoms with E-state index in [2.05, 4.69) is 17.4 Å². The van der Waals surface area contributed by atoms with Gasteiger partial charge in [-0.05, 0) is 61.2 Å². The SMILES string of the molecule is Cc1ccc2c(c1)OC(C(=O)Nc1ccc(Cl)cc1)CC2. The van der Waals surface area contributed by atoms with Crippen molar-refractivity contribution in [2.24, 2.45) is 0 Å². The molecular formula is C17H16ClNO2. The van der Waals surface area contributed by atoms with E-state index >= 15 is 0 Å². The summed E-state index contributed by atoms with van der Waals surface area (Å²) < 4.78 is 5.83. The molecule has 21 heavy (non-hydrogen) atoms. The molecule has 0 aromatic heterocycles. The summed E-state index contributed by atoms with van der Waals surface area (Å²) in [6.45, 7) is 2.01. The van der Waals surface area contributed by atoms with Crippen molar-refractivity contribution in [3.05, 3.63) is 58.6 Å². The van der Waals surface area contributed by atoms with Crippen molar-refractivity contribution in [3.63, 3.8) is 0 Å². The Morgan fingerprint density at radius 2 is 2.00 bits per heavy atom. The van der Waals surface area contributed by atoms with Crippen molar-refractivity contribution in [1.82, 2.24) is 0 Å². The van der Waals surface area contributed by atoms with Crippen molar-refractivity contribution in [1.29, 1.82) is 0 Å². The Morgan fingerprint density at radius 3 is 2.76 bits per heavy atom. The van der Waals surface area contributed by atoms with Crippen LogP contribution >= 0.6 is 11.6 Å². The van der Waals surface area contributed by atoms with Crippen LogP contribution in [0.3, 0.4) is 0 Å². The first kappa shape index (κ1) is 14.0. The highest BCUT2D eigenvalue weighted by Crippen LogP contribution is 2.29. The van der Waals surface area contributed by atoms with Crippen LogP contribution in [0.2, 0.25) is 5.02 Å². The van der Waals surface area contributed by atoms with Gasteiger partial charge in [-0.1, -0.05) is 23.7 Å². The minimum absolute atomic E-state index is 0.121. The number of anilines is 1. The van der Waals surface area contributed by atoms with E-state index in [0.29, 0.717) is 11.4 Å². The Morgan fingerprint density at radius 1 is 1.24 bits per heavy atom. The van der Waals surface area contributed by atoms with Crippen LogP contribution in [0.15, 0.2) is 42.5 Å². The van der Waals surface area contributed by atoms with Gasteiger partial charge in [0.15, 0.2) is 6.10 Å². The van der Waals surface area contributed by atoms with E-state index in [-0.39, 0.29) is 5.91 Å². The van der Waals surface area contributed by atoms with Crippen LogP contribution in [0.25, 0.3) is 0 Å². The van der Waals surface area contributed by atoms with Gasteiger partial charge in [0.05, 0.1) is 0 Å². The zero-order valence-corrected chi connectivity index (χ0v) is 12.5. The Kier molecular flexibility index (Phi) is 3.84. The zero-order valence-electron chi connectivity index (χ0n) is 11.7. The minimum Gasteiger partial charge on any atom is -0.480 e. The van der Waals surface area contributed by atoms with Gasteiger partial charge in [0, 0.05) is 10.7 Å². The third kappa shape index (κ3) is 3.19. The van der Waals surface area contributed by atoms with Crippen molar-refractivity contribution >= 4 is 23.2 Å². The third-order valence-corrected chi connectivity index (χ3v) is 3.82. The Hall–Kier alpha value is -2.00. The Bertz CT molecular complexity index is 667. The van der Waals surface area contributed by atoms with Crippen LogP contribution in [-0.4, -0.2) is 12.0 Å². The van der Waals surface area contributed by atoms with Gasteiger partial charge in [-0.25, -0.2) is 0 Å². The van der Waals surface area contributed by atoms with E-state index in [9.17, 15) is 4.79 Å². The lowest BCUT2D eigenvalue weighted by molar-refractivity contribution is -0.123. The Balaban J connectivity index is 1.70. The van der Waals surface area contributed by atoms with E-state index in [1.165, 1.54) is 0 Å². The van der Waals surface area contributed by atoms with Crippen molar-refractivity contribution in [2.45, 2.75) is 25.9 Å². The number of benzene rings is 2. The summed E-state index contributed by atoms with van der Waals surface area (Å²) in [5.41, 5.74) is 3.02. The number of fused-ring (bicyclic) bond motifs is 1. The highest BCUT2D eigenvalue weighted by atomic mass is 35.5. The maximum atomic E-state index is 12.3. The summed E-state index contributed by atoms with van der Waals surface area (Å²) in [6.07, 6.45) is 1.10. The molecule has 0 radical (unpaired) electrons. The van der Waals surface area contributed by atoms with Gasteiger partial charge < -0.3 is 10.1 Å². The number of carbonyl (C=O) groups is 1. The number of amides is 1. The highest BCUT2D eigenvalue weighted by Gasteiger charge is 2.26. The van der Waals surface area contributed by atoms with E-state index < -0.39 is 6.10 Å². The van der Waals surface area contributed by atoms with Crippen molar-refractivity contribution < 1.29 is 9.53 Å². The molecule has 1 heterocycles. The monoisotopic (exact) mass is 301 g/mol. The molecule has 1 unspecified atom stereocenters. The molecule has 1 aliphatic rings. The summed E-state index contributed by atoms with van der Waals surface area (Å²) in [4.78, 5) is 12.3. The second kappa shape index (κ2) is 5.78. The molecule has 108 valence electrons. The topological polar surface area (TPSA) is 38.3 Å². The number of hydrogen-bond acceptors (Lipinski definition) is 2. The molecule has 1 amide bonds. The number of aryl methyl sites for hydroxylation is 2. The van der Waals surface area contributed by atoms with Crippen LogP contribution in [0.4, 0.5) is 5.69 Å². The smallest absolute Gasteiger partial charge is 0.265 e. The average Bonchev–Trinajstić information content (AvgIpc) is 2.48. The number of halogens is 1. The van der Waals surface area contributed by atoms with E-state index in [4.69, 9.17) is 16.3 Å². The van der Waals surface area contributed by atoms with Gasteiger partial charge in [0.1, 0.15) is 5.75 Å². The summed E-state index contributed by atoms with van der Waals surface area (Å²) in [5.74, 6) is 0.696. The van der Waals surface area contributed by atoms with E-state index in [1.54, 1.807) is 24.3 Å². The molecule has 0 aliphatic carbocycles. The van der Waals surface area contributed by atoms with Gasteiger partial charge in [-0.3, -0.25) is 4.79 Å². The van der Waals surface area contributed by atoms with Crippen molar-refractivity contribution in [3.8, 4) is 5.75 Å². The lowest BCUT2D eigenvalue weighted by atomic mass is 10.0. The van der Waals surface area contributed by atoms with Gasteiger partial charge >= 0.3 is 0 Å². The Labute approximate surface area is 128 Å². The van der Waals surface area contributed by atoms with Gasteiger partial charge in [-0.2, -0.15) is 0 Å². The first-order valence-electron chi connectivity index (χ1n) is 6.94. The van der Waals surface area contributed by atoms with Crippen LogP contribution in [0.5, 0.6) is 5.75 Å². The van der Waals surface area contributed by atoms with E-state index in [1.807, 2.05) is 13.0 Å². The molecule has 1 atom stereocenters. The number of hydrogen-bond donors (Lipinski definition) is 1. The molecule has 3 nitrogen and oxygen atoms in total. The molecular weight excluding hydrogens is 286 g/mol. The second-order valence-corrected chi connectivity index (χ2v) is 5.69. The van der Waals surface area contributed by atoms with Gasteiger partial charge in [0.2, 0.25) is 0 Å². The molecule has 2 aromatic carbocycles. The number of nitrogens with one attached hydrogen (secondary N) is 1. The second-order valence-electron chi connectivity index (χ2n) is 5.25. The molecule has 0 saturated carbocycles.